The Kier molecular flexibility index (Phi) is 7.76. The molecular weight excluding hydrogens is 460 g/mol. The van der Waals surface area contributed by atoms with Crippen molar-refractivity contribution in [3.63, 3.8) is 0 Å². The highest BCUT2D eigenvalue weighted by molar-refractivity contribution is 7.92. The molecule has 0 spiro atoms. The van der Waals surface area contributed by atoms with Crippen molar-refractivity contribution in [2.45, 2.75) is 45.3 Å². The number of rotatable bonds is 9. The third-order valence-electron chi connectivity index (χ3n) is 6.31. The van der Waals surface area contributed by atoms with E-state index in [2.05, 4.69) is 23.5 Å². The van der Waals surface area contributed by atoms with Crippen molar-refractivity contribution >= 4 is 21.6 Å². The SMILES string of the molecule is C[C@@H](NC(=O)CN(c1ccc(OCc2ccccc2)cc1)S(C)(=O)=O)c1ccc2c(c1)CCCC2. The molecule has 0 radical (unpaired) electrons. The van der Waals surface area contributed by atoms with Gasteiger partial charge in [0.15, 0.2) is 0 Å². The summed E-state index contributed by atoms with van der Waals surface area (Å²) in [4.78, 5) is 12.8. The molecule has 1 atom stereocenters. The second-order valence-corrected chi connectivity index (χ2v) is 11.0. The molecule has 1 amide bonds. The van der Waals surface area contributed by atoms with Crippen LogP contribution in [0.2, 0.25) is 0 Å². The van der Waals surface area contributed by atoms with Gasteiger partial charge in [-0.2, -0.15) is 0 Å². The molecular formula is C28H32N2O4S. The highest BCUT2D eigenvalue weighted by atomic mass is 32.2. The summed E-state index contributed by atoms with van der Waals surface area (Å²) in [6.45, 7) is 2.05. The third-order valence-corrected chi connectivity index (χ3v) is 7.45. The summed E-state index contributed by atoms with van der Waals surface area (Å²) >= 11 is 0. The Labute approximate surface area is 208 Å². The monoisotopic (exact) mass is 492 g/mol. The maximum absolute atomic E-state index is 12.8. The van der Waals surface area contributed by atoms with Gasteiger partial charge in [0.2, 0.25) is 15.9 Å². The molecule has 7 heteroatoms. The maximum Gasteiger partial charge on any atom is 0.241 e. The van der Waals surface area contributed by atoms with E-state index in [1.54, 1.807) is 24.3 Å². The fraction of sp³-hybridized carbons (Fsp3) is 0.321. The lowest BCUT2D eigenvalue weighted by Gasteiger charge is -2.24. The van der Waals surface area contributed by atoms with Gasteiger partial charge in [-0.05, 0) is 79.1 Å². The molecule has 3 aromatic rings. The van der Waals surface area contributed by atoms with Crippen LogP contribution in [-0.2, 0) is 34.3 Å². The van der Waals surface area contributed by atoms with Gasteiger partial charge in [0, 0.05) is 0 Å². The highest BCUT2D eigenvalue weighted by Gasteiger charge is 2.22. The number of carbonyl (C=O) groups is 1. The Hall–Kier alpha value is -3.32. The fourth-order valence-electron chi connectivity index (χ4n) is 4.37. The Morgan fingerprint density at radius 1 is 0.971 bits per heavy atom. The summed E-state index contributed by atoms with van der Waals surface area (Å²) in [7, 11) is -3.66. The van der Waals surface area contributed by atoms with Crippen molar-refractivity contribution in [3.05, 3.63) is 95.1 Å². The summed E-state index contributed by atoms with van der Waals surface area (Å²) in [6, 6.07) is 22.7. The summed E-state index contributed by atoms with van der Waals surface area (Å²) in [5, 5.41) is 2.96. The molecule has 0 saturated heterocycles. The Bertz CT molecular complexity index is 1260. The summed E-state index contributed by atoms with van der Waals surface area (Å²) in [5.41, 5.74) is 5.22. The molecule has 0 saturated carbocycles. The first-order valence-electron chi connectivity index (χ1n) is 11.9. The molecule has 0 fully saturated rings. The molecule has 0 heterocycles. The van der Waals surface area contributed by atoms with Crippen LogP contribution in [0.1, 0.15) is 48.1 Å². The maximum atomic E-state index is 12.8. The van der Waals surface area contributed by atoms with Crippen LogP contribution >= 0.6 is 0 Å². The van der Waals surface area contributed by atoms with Gasteiger partial charge in [0.1, 0.15) is 18.9 Å². The number of hydrogen-bond acceptors (Lipinski definition) is 4. The molecule has 0 unspecified atom stereocenters. The molecule has 1 N–H and O–H groups in total. The average Bonchev–Trinajstić information content (AvgIpc) is 2.86. The normalized spacial score (nSPS) is 14.0. The molecule has 184 valence electrons. The lowest BCUT2D eigenvalue weighted by Crippen LogP contribution is -2.41. The molecule has 0 bridgehead atoms. The number of aryl methyl sites for hydroxylation is 2. The highest BCUT2D eigenvalue weighted by Crippen LogP contribution is 2.25. The van der Waals surface area contributed by atoms with Crippen molar-refractivity contribution in [1.29, 1.82) is 0 Å². The lowest BCUT2D eigenvalue weighted by atomic mass is 9.89. The zero-order valence-corrected chi connectivity index (χ0v) is 21.1. The van der Waals surface area contributed by atoms with E-state index in [1.165, 1.54) is 24.0 Å². The van der Waals surface area contributed by atoms with Gasteiger partial charge in [-0.15, -0.1) is 0 Å². The first kappa shape index (κ1) is 24.8. The molecule has 1 aliphatic rings. The average molecular weight is 493 g/mol. The molecule has 0 aromatic heterocycles. The molecule has 1 aliphatic carbocycles. The summed E-state index contributed by atoms with van der Waals surface area (Å²) in [6.07, 6.45) is 5.69. The number of ether oxygens (including phenoxy) is 1. The van der Waals surface area contributed by atoms with Crippen LogP contribution in [0, 0.1) is 0 Å². The van der Waals surface area contributed by atoms with E-state index in [-0.39, 0.29) is 18.5 Å². The number of nitrogens with one attached hydrogen (secondary N) is 1. The lowest BCUT2D eigenvalue weighted by molar-refractivity contribution is -0.120. The Balaban J connectivity index is 1.40. The zero-order valence-electron chi connectivity index (χ0n) is 20.2. The Morgan fingerprint density at radius 3 is 2.34 bits per heavy atom. The van der Waals surface area contributed by atoms with E-state index in [0.717, 1.165) is 34.5 Å². The smallest absolute Gasteiger partial charge is 0.241 e. The van der Waals surface area contributed by atoms with Crippen LogP contribution in [0.3, 0.4) is 0 Å². The van der Waals surface area contributed by atoms with Gasteiger partial charge in [0.05, 0.1) is 18.0 Å². The Morgan fingerprint density at radius 2 is 1.66 bits per heavy atom. The first-order chi connectivity index (χ1) is 16.8. The van der Waals surface area contributed by atoms with E-state index < -0.39 is 10.0 Å². The topological polar surface area (TPSA) is 75.7 Å². The number of amides is 1. The van der Waals surface area contributed by atoms with E-state index in [0.29, 0.717) is 18.0 Å². The second kappa shape index (κ2) is 11.0. The van der Waals surface area contributed by atoms with Crippen LogP contribution in [0.25, 0.3) is 0 Å². The third kappa shape index (κ3) is 6.63. The fourth-order valence-corrected chi connectivity index (χ4v) is 5.23. The van der Waals surface area contributed by atoms with E-state index >= 15 is 0 Å². The number of carbonyl (C=O) groups excluding carboxylic acids is 1. The first-order valence-corrected chi connectivity index (χ1v) is 13.8. The molecule has 4 rings (SSSR count). The minimum atomic E-state index is -3.66. The number of fused-ring (bicyclic) bond motifs is 1. The molecule has 0 aliphatic heterocycles. The minimum Gasteiger partial charge on any atom is -0.489 e. The van der Waals surface area contributed by atoms with Crippen molar-refractivity contribution in [2.24, 2.45) is 0 Å². The number of hydrogen-bond donors (Lipinski definition) is 1. The van der Waals surface area contributed by atoms with Gasteiger partial charge < -0.3 is 10.1 Å². The van der Waals surface area contributed by atoms with Crippen LogP contribution in [0.5, 0.6) is 5.75 Å². The second-order valence-electron chi connectivity index (χ2n) is 9.06. The van der Waals surface area contributed by atoms with E-state index in [1.807, 2.05) is 37.3 Å². The molecule has 35 heavy (non-hydrogen) atoms. The number of benzene rings is 3. The van der Waals surface area contributed by atoms with Gasteiger partial charge in [-0.3, -0.25) is 9.10 Å². The minimum absolute atomic E-state index is 0.218. The summed E-state index contributed by atoms with van der Waals surface area (Å²) in [5.74, 6) is 0.265. The van der Waals surface area contributed by atoms with E-state index in [4.69, 9.17) is 4.74 Å². The van der Waals surface area contributed by atoms with Gasteiger partial charge >= 0.3 is 0 Å². The number of nitrogens with zero attached hydrogens (tertiary/aromatic N) is 1. The summed E-state index contributed by atoms with van der Waals surface area (Å²) < 4.78 is 31.9. The zero-order chi connectivity index (χ0) is 24.8. The standard InChI is InChI=1S/C28H32N2O4S/c1-21(24-13-12-23-10-6-7-11-25(23)18-24)29-28(31)19-30(35(2,32)33)26-14-16-27(17-15-26)34-20-22-8-4-3-5-9-22/h3-5,8-9,12-18,21H,6-7,10-11,19-20H2,1-2H3,(H,29,31)/t21-/m1/s1. The van der Waals surface area contributed by atoms with Crippen molar-refractivity contribution in [2.75, 3.05) is 17.1 Å². The number of sulfonamides is 1. The van der Waals surface area contributed by atoms with Crippen molar-refractivity contribution in [3.8, 4) is 5.75 Å². The van der Waals surface area contributed by atoms with Gasteiger partial charge in [-0.1, -0.05) is 48.5 Å². The largest absolute Gasteiger partial charge is 0.489 e. The van der Waals surface area contributed by atoms with Crippen molar-refractivity contribution < 1.29 is 17.9 Å². The van der Waals surface area contributed by atoms with E-state index in [9.17, 15) is 13.2 Å². The van der Waals surface area contributed by atoms with Gasteiger partial charge in [0.25, 0.3) is 0 Å². The van der Waals surface area contributed by atoms with Crippen LogP contribution in [0.4, 0.5) is 5.69 Å². The molecule has 6 nitrogen and oxygen atoms in total. The van der Waals surface area contributed by atoms with Gasteiger partial charge in [-0.25, -0.2) is 8.42 Å². The van der Waals surface area contributed by atoms with Crippen LogP contribution in [0.15, 0.2) is 72.8 Å². The quantitative estimate of drug-likeness (QED) is 0.466. The number of anilines is 1. The predicted octanol–water partition coefficient (Wildman–Crippen LogP) is 4.79. The van der Waals surface area contributed by atoms with Crippen LogP contribution < -0.4 is 14.4 Å². The van der Waals surface area contributed by atoms with Crippen LogP contribution in [-0.4, -0.2) is 27.1 Å². The van der Waals surface area contributed by atoms with Crippen molar-refractivity contribution in [1.82, 2.24) is 5.32 Å². The predicted molar refractivity (Wildman–Crippen MR) is 139 cm³/mol. The molecule has 3 aromatic carbocycles.